The largest absolute Gasteiger partial charge is 0.361 e. The highest BCUT2D eigenvalue weighted by Gasteiger charge is 2.09. The Balaban J connectivity index is 1.43. The van der Waals surface area contributed by atoms with E-state index in [2.05, 4.69) is 20.3 Å². The van der Waals surface area contributed by atoms with Crippen LogP contribution in [0.5, 0.6) is 0 Å². The number of fused-ring (bicyclic) bond motifs is 2. The van der Waals surface area contributed by atoms with Crippen molar-refractivity contribution in [3.8, 4) is 0 Å². The topological polar surface area (TPSA) is 73.6 Å². The molecule has 0 atom stereocenters. The van der Waals surface area contributed by atoms with Crippen molar-refractivity contribution >= 4 is 27.8 Å². The summed E-state index contributed by atoms with van der Waals surface area (Å²) in [7, 11) is 0. The Bertz CT molecular complexity index is 1030. The monoisotopic (exact) mass is 318 g/mol. The number of amides is 1. The summed E-state index contributed by atoms with van der Waals surface area (Å²) in [6, 6.07) is 14.0. The van der Waals surface area contributed by atoms with Gasteiger partial charge in [-0.05, 0) is 36.2 Å². The van der Waals surface area contributed by atoms with Crippen molar-refractivity contribution in [3.63, 3.8) is 0 Å². The molecule has 120 valence electrons. The van der Waals surface area contributed by atoms with Crippen molar-refractivity contribution in [2.24, 2.45) is 0 Å². The number of H-pyrrole nitrogens is 2. The third kappa shape index (κ3) is 2.76. The summed E-state index contributed by atoms with van der Waals surface area (Å²) in [4.78, 5) is 23.0. The number of nitrogens with one attached hydrogen (secondary N) is 3. The van der Waals surface area contributed by atoms with E-state index in [1.54, 1.807) is 0 Å². The number of rotatable bonds is 4. The Morgan fingerprint density at radius 3 is 2.96 bits per heavy atom. The minimum absolute atomic E-state index is 0.0145. The smallest absolute Gasteiger partial charge is 0.224 e. The van der Waals surface area contributed by atoms with Crippen LogP contribution >= 0.6 is 0 Å². The maximum absolute atomic E-state index is 12.2. The van der Waals surface area contributed by atoms with Crippen LogP contribution in [-0.4, -0.2) is 20.9 Å². The van der Waals surface area contributed by atoms with E-state index in [9.17, 15) is 4.79 Å². The van der Waals surface area contributed by atoms with E-state index in [-0.39, 0.29) is 5.91 Å². The summed E-state index contributed by atoms with van der Waals surface area (Å²) in [5.41, 5.74) is 5.07. The molecule has 0 aliphatic heterocycles. The number of benzene rings is 2. The van der Waals surface area contributed by atoms with Crippen LogP contribution in [0.4, 0.5) is 0 Å². The number of imidazole rings is 1. The molecule has 2 aromatic carbocycles. The molecule has 4 rings (SSSR count). The Morgan fingerprint density at radius 1 is 1.17 bits per heavy atom. The van der Waals surface area contributed by atoms with E-state index in [0.717, 1.165) is 38.9 Å². The van der Waals surface area contributed by atoms with Crippen molar-refractivity contribution in [2.75, 3.05) is 0 Å². The number of aromatic amines is 2. The van der Waals surface area contributed by atoms with Crippen LogP contribution in [0.3, 0.4) is 0 Å². The van der Waals surface area contributed by atoms with E-state index >= 15 is 0 Å². The molecule has 0 saturated carbocycles. The first-order valence-electron chi connectivity index (χ1n) is 7.96. The van der Waals surface area contributed by atoms with Crippen LogP contribution in [0.15, 0.2) is 48.7 Å². The van der Waals surface area contributed by atoms with Crippen molar-refractivity contribution in [3.05, 3.63) is 65.6 Å². The van der Waals surface area contributed by atoms with Gasteiger partial charge < -0.3 is 15.3 Å². The van der Waals surface area contributed by atoms with E-state index in [4.69, 9.17) is 0 Å². The molecule has 0 fully saturated rings. The highest BCUT2D eigenvalue weighted by Crippen LogP contribution is 2.18. The molecule has 0 aliphatic carbocycles. The van der Waals surface area contributed by atoms with Gasteiger partial charge in [0.2, 0.25) is 5.91 Å². The van der Waals surface area contributed by atoms with Crippen LogP contribution in [0.1, 0.15) is 17.0 Å². The summed E-state index contributed by atoms with van der Waals surface area (Å²) >= 11 is 0. The minimum atomic E-state index is 0.0145. The molecular weight excluding hydrogens is 300 g/mol. The molecule has 24 heavy (non-hydrogen) atoms. The second kappa shape index (κ2) is 5.85. The fourth-order valence-electron chi connectivity index (χ4n) is 3.01. The fraction of sp³-hybridized carbons (Fsp3) is 0.158. The lowest BCUT2D eigenvalue weighted by Gasteiger charge is -2.05. The lowest BCUT2D eigenvalue weighted by atomic mass is 10.1. The molecule has 0 aliphatic rings. The van der Waals surface area contributed by atoms with Crippen molar-refractivity contribution < 1.29 is 4.79 Å². The van der Waals surface area contributed by atoms with Crippen LogP contribution < -0.4 is 5.32 Å². The number of hydrogen-bond donors (Lipinski definition) is 3. The van der Waals surface area contributed by atoms with Gasteiger partial charge in [0.1, 0.15) is 5.82 Å². The van der Waals surface area contributed by atoms with Gasteiger partial charge in [0.25, 0.3) is 0 Å². The molecule has 5 heteroatoms. The van der Waals surface area contributed by atoms with Gasteiger partial charge in [-0.2, -0.15) is 0 Å². The fourth-order valence-corrected chi connectivity index (χ4v) is 3.01. The molecule has 3 N–H and O–H groups in total. The first kappa shape index (κ1) is 14.5. The van der Waals surface area contributed by atoms with Gasteiger partial charge >= 0.3 is 0 Å². The van der Waals surface area contributed by atoms with Crippen LogP contribution in [0, 0.1) is 6.92 Å². The van der Waals surface area contributed by atoms with Gasteiger partial charge in [0.15, 0.2) is 0 Å². The van der Waals surface area contributed by atoms with E-state index in [1.165, 1.54) is 0 Å². The Labute approximate surface area is 139 Å². The van der Waals surface area contributed by atoms with Gasteiger partial charge in [0, 0.05) is 23.6 Å². The van der Waals surface area contributed by atoms with Crippen molar-refractivity contribution in [1.29, 1.82) is 0 Å². The SMILES string of the molecule is Cc1nc2ccc(CNC(=O)Cc3c[nH]c4ccccc34)cc2[nH]1. The van der Waals surface area contributed by atoms with E-state index < -0.39 is 0 Å². The van der Waals surface area contributed by atoms with Gasteiger partial charge in [-0.3, -0.25) is 4.79 Å². The number of aryl methyl sites for hydroxylation is 1. The molecular formula is C19H18N4O. The Morgan fingerprint density at radius 2 is 2.04 bits per heavy atom. The number of carbonyl (C=O) groups excluding carboxylic acids is 1. The highest BCUT2D eigenvalue weighted by atomic mass is 16.1. The van der Waals surface area contributed by atoms with Crippen molar-refractivity contribution in [2.45, 2.75) is 19.9 Å². The molecule has 2 heterocycles. The first-order valence-corrected chi connectivity index (χ1v) is 7.96. The average molecular weight is 318 g/mol. The van der Waals surface area contributed by atoms with Gasteiger partial charge in [-0.25, -0.2) is 4.98 Å². The summed E-state index contributed by atoms with van der Waals surface area (Å²) < 4.78 is 0. The predicted octanol–water partition coefficient (Wildman–Crippen LogP) is 3.21. The maximum Gasteiger partial charge on any atom is 0.224 e. The van der Waals surface area contributed by atoms with Crippen LogP contribution in [-0.2, 0) is 17.8 Å². The molecule has 0 saturated heterocycles. The third-order valence-corrected chi connectivity index (χ3v) is 4.18. The number of nitrogens with zero attached hydrogens (tertiary/aromatic N) is 1. The highest BCUT2D eigenvalue weighted by molar-refractivity contribution is 5.88. The van der Waals surface area contributed by atoms with Crippen LogP contribution in [0.2, 0.25) is 0 Å². The molecule has 0 spiro atoms. The molecule has 0 bridgehead atoms. The first-order chi connectivity index (χ1) is 11.7. The number of para-hydroxylation sites is 1. The number of aromatic nitrogens is 3. The third-order valence-electron chi connectivity index (χ3n) is 4.18. The lowest BCUT2D eigenvalue weighted by molar-refractivity contribution is -0.120. The van der Waals surface area contributed by atoms with Gasteiger partial charge in [-0.1, -0.05) is 24.3 Å². The zero-order valence-electron chi connectivity index (χ0n) is 13.4. The summed E-state index contributed by atoms with van der Waals surface area (Å²) in [6.07, 6.45) is 2.28. The summed E-state index contributed by atoms with van der Waals surface area (Å²) in [5, 5.41) is 4.09. The van der Waals surface area contributed by atoms with E-state index in [0.29, 0.717) is 13.0 Å². The van der Waals surface area contributed by atoms with Gasteiger partial charge in [0.05, 0.1) is 17.5 Å². The normalized spacial score (nSPS) is 11.2. The Kier molecular flexibility index (Phi) is 3.54. The summed E-state index contributed by atoms with van der Waals surface area (Å²) in [5.74, 6) is 0.908. The zero-order chi connectivity index (χ0) is 16.5. The summed E-state index contributed by atoms with van der Waals surface area (Å²) in [6.45, 7) is 2.44. The molecule has 4 aromatic rings. The zero-order valence-corrected chi connectivity index (χ0v) is 13.4. The molecule has 5 nitrogen and oxygen atoms in total. The molecule has 0 unspecified atom stereocenters. The average Bonchev–Trinajstić information content (AvgIpc) is 3.15. The maximum atomic E-state index is 12.2. The number of hydrogen-bond acceptors (Lipinski definition) is 2. The molecule has 2 aromatic heterocycles. The quantitative estimate of drug-likeness (QED) is 0.540. The van der Waals surface area contributed by atoms with Crippen LogP contribution in [0.25, 0.3) is 21.9 Å². The van der Waals surface area contributed by atoms with Crippen molar-refractivity contribution in [1.82, 2.24) is 20.3 Å². The Hall–Kier alpha value is -3.08. The molecule has 0 radical (unpaired) electrons. The molecule has 1 amide bonds. The second-order valence-corrected chi connectivity index (χ2v) is 5.99. The number of carbonyl (C=O) groups is 1. The van der Waals surface area contributed by atoms with E-state index in [1.807, 2.05) is 55.6 Å². The predicted molar refractivity (Wildman–Crippen MR) is 94.7 cm³/mol. The lowest BCUT2D eigenvalue weighted by Crippen LogP contribution is -2.24. The minimum Gasteiger partial charge on any atom is -0.361 e. The van der Waals surface area contributed by atoms with Gasteiger partial charge in [-0.15, -0.1) is 0 Å². The second-order valence-electron chi connectivity index (χ2n) is 5.99. The standard InChI is InChI=1S/C19H18N4O/c1-12-22-17-7-6-13(8-18(17)23-12)10-21-19(24)9-14-11-20-16-5-3-2-4-15(14)16/h2-8,11,20H,9-10H2,1H3,(H,21,24)(H,22,23).